The van der Waals surface area contributed by atoms with E-state index in [1.54, 1.807) is 0 Å². The molecule has 0 aromatic heterocycles. The smallest absolute Gasteiger partial charge is 0.139 e. The van der Waals surface area contributed by atoms with E-state index in [0.29, 0.717) is 0 Å². The summed E-state index contributed by atoms with van der Waals surface area (Å²) in [4.78, 5) is 0. The molecule has 0 amide bonds. The minimum Gasteiger partial charge on any atom is -0.412 e. The Bertz CT molecular complexity index is 373. The van der Waals surface area contributed by atoms with E-state index >= 15 is 0 Å². The normalized spacial score (nSPS) is 11.3. The summed E-state index contributed by atoms with van der Waals surface area (Å²) in [7, 11) is 5.78. The third-order valence-corrected chi connectivity index (χ3v) is 14.2. The topological polar surface area (TPSA) is 9.23 Å². The molecule has 1 rings (SSSR count). The molecule has 0 spiro atoms. The maximum Gasteiger partial charge on any atom is 0.139 e. The van der Waals surface area contributed by atoms with Gasteiger partial charge in [-0.2, -0.15) is 0 Å². The molecule has 0 aliphatic heterocycles. The third-order valence-electron chi connectivity index (χ3n) is 1.11. The summed E-state index contributed by atoms with van der Waals surface area (Å²) in [5.41, 5.74) is 0. The van der Waals surface area contributed by atoms with Gasteiger partial charge in [-0.3, -0.25) is 0 Å². The van der Waals surface area contributed by atoms with Gasteiger partial charge in [0.05, 0.1) is 0 Å². The second-order valence-corrected chi connectivity index (χ2v) is 16.4. The zero-order valence-electron chi connectivity index (χ0n) is 7.10. The standard InChI is InChI=1S/C6H6OS8/c8-11-12-13-14-15(9,10)7-6-4-2-1-3-5-6/h1-5,8H. The SMILES string of the molecule is S=S(=S)(Oc1ccccc1)SSSSS. The van der Waals surface area contributed by atoms with Crippen molar-refractivity contribution in [1.82, 2.24) is 0 Å². The monoisotopic (exact) mass is 350 g/mol. The van der Waals surface area contributed by atoms with Crippen LogP contribution in [0.4, 0.5) is 0 Å². The highest BCUT2D eigenvalue weighted by Crippen LogP contribution is 2.47. The second kappa shape index (κ2) is 7.80. The molecule has 0 atom stereocenters. The van der Waals surface area contributed by atoms with Crippen LogP contribution in [0.1, 0.15) is 0 Å². The Morgan fingerprint density at radius 1 is 1.13 bits per heavy atom. The van der Waals surface area contributed by atoms with Gasteiger partial charge in [-0.05, 0) is 31.8 Å². The lowest BCUT2D eigenvalue weighted by Gasteiger charge is -2.09. The van der Waals surface area contributed by atoms with Crippen molar-refractivity contribution in [2.24, 2.45) is 0 Å². The van der Waals surface area contributed by atoms with Gasteiger partial charge >= 0.3 is 0 Å². The largest absolute Gasteiger partial charge is 0.412 e. The van der Waals surface area contributed by atoms with E-state index in [4.69, 9.17) is 26.6 Å². The van der Waals surface area contributed by atoms with Crippen LogP contribution in [0.3, 0.4) is 0 Å². The maximum absolute atomic E-state index is 5.56. The van der Waals surface area contributed by atoms with Crippen molar-refractivity contribution in [3.63, 3.8) is 0 Å². The van der Waals surface area contributed by atoms with Crippen molar-refractivity contribution in [3.8, 4) is 5.75 Å². The average Bonchev–Trinajstić information content (AvgIpc) is 2.18. The summed E-state index contributed by atoms with van der Waals surface area (Å²) in [6.07, 6.45) is 0. The van der Waals surface area contributed by atoms with E-state index in [1.165, 1.54) is 39.3 Å². The fourth-order valence-corrected chi connectivity index (χ4v) is 14.2. The Morgan fingerprint density at radius 3 is 2.40 bits per heavy atom. The quantitative estimate of drug-likeness (QED) is 0.454. The van der Waals surface area contributed by atoms with Crippen molar-refractivity contribution in [2.75, 3.05) is 0 Å². The van der Waals surface area contributed by atoms with Gasteiger partial charge in [0, 0.05) is 42.0 Å². The molecular formula is C6H6OS8. The van der Waals surface area contributed by atoms with Crippen LogP contribution in [0.5, 0.6) is 5.75 Å². The van der Waals surface area contributed by atoms with E-state index in [1.807, 2.05) is 30.3 Å². The van der Waals surface area contributed by atoms with Gasteiger partial charge in [0.1, 0.15) is 12.2 Å². The molecule has 15 heavy (non-hydrogen) atoms. The predicted octanol–water partition coefficient (Wildman–Crippen LogP) is 4.50. The van der Waals surface area contributed by atoms with Crippen LogP contribution in [0, 0.1) is 0 Å². The van der Waals surface area contributed by atoms with Crippen LogP contribution in [0.2, 0.25) is 0 Å². The molecule has 0 bridgehead atoms. The lowest BCUT2D eigenvalue weighted by molar-refractivity contribution is 0.649. The van der Waals surface area contributed by atoms with E-state index in [9.17, 15) is 0 Å². The predicted molar refractivity (Wildman–Crippen MR) is 88.5 cm³/mol. The van der Waals surface area contributed by atoms with Gasteiger partial charge in [0.2, 0.25) is 0 Å². The molecule has 1 aromatic carbocycles. The summed E-state index contributed by atoms with van der Waals surface area (Å²) in [5, 5.41) is 0. The molecule has 0 unspecified atom stereocenters. The number of para-hydroxylation sites is 1. The Balaban J connectivity index is 2.50. The first kappa shape index (κ1) is 14.6. The van der Waals surface area contributed by atoms with Crippen LogP contribution in [0.25, 0.3) is 0 Å². The molecule has 9 heteroatoms. The van der Waals surface area contributed by atoms with Crippen LogP contribution >= 0.6 is 51.0 Å². The van der Waals surface area contributed by atoms with Gasteiger partial charge in [0.15, 0.2) is 0 Å². The molecule has 0 aliphatic rings. The first-order valence-corrected chi connectivity index (χ1v) is 13.3. The molecule has 1 aromatic rings. The second-order valence-electron chi connectivity index (χ2n) is 2.08. The molecule has 0 fully saturated rings. The van der Waals surface area contributed by atoms with Crippen molar-refractivity contribution in [1.29, 1.82) is 0 Å². The molecule has 0 radical (unpaired) electrons. The number of benzene rings is 1. The minimum atomic E-state index is -1.93. The third kappa shape index (κ3) is 6.77. The molecule has 0 aliphatic carbocycles. The molecule has 0 saturated carbocycles. The van der Waals surface area contributed by atoms with Crippen molar-refractivity contribution >= 4 is 79.8 Å². The van der Waals surface area contributed by atoms with Gasteiger partial charge in [-0.25, -0.2) is 0 Å². The number of hydrogen-bond donors (Lipinski definition) is 1. The highest BCUT2D eigenvalue weighted by atomic mass is 33.9. The Morgan fingerprint density at radius 2 is 1.80 bits per heavy atom. The fourth-order valence-electron chi connectivity index (χ4n) is 0.666. The first-order valence-electron chi connectivity index (χ1n) is 3.46. The van der Waals surface area contributed by atoms with Crippen molar-refractivity contribution < 1.29 is 4.18 Å². The van der Waals surface area contributed by atoms with Crippen LogP contribution in [0.15, 0.2) is 30.3 Å². The molecular weight excluding hydrogens is 345 g/mol. The van der Waals surface area contributed by atoms with E-state index in [2.05, 4.69) is 11.7 Å². The van der Waals surface area contributed by atoms with Gasteiger partial charge in [-0.15, -0.1) is 0 Å². The van der Waals surface area contributed by atoms with Gasteiger partial charge in [-0.1, -0.05) is 29.9 Å². The lowest BCUT2D eigenvalue weighted by Crippen LogP contribution is -1.98. The van der Waals surface area contributed by atoms with Gasteiger partial charge in [0.25, 0.3) is 0 Å². The van der Waals surface area contributed by atoms with Crippen LogP contribution < -0.4 is 4.18 Å². The highest BCUT2D eigenvalue weighted by molar-refractivity contribution is 9.42. The minimum absolute atomic E-state index is 0.731. The average molecular weight is 351 g/mol. The highest BCUT2D eigenvalue weighted by Gasteiger charge is 2.06. The molecule has 0 saturated heterocycles. The van der Waals surface area contributed by atoms with E-state index in [-0.39, 0.29) is 0 Å². The Hall–Kier alpha value is 1.56. The lowest BCUT2D eigenvalue weighted by atomic mass is 10.3. The first-order chi connectivity index (χ1) is 7.14. The van der Waals surface area contributed by atoms with Gasteiger partial charge < -0.3 is 4.18 Å². The summed E-state index contributed by atoms with van der Waals surface area (Å²) in [5.74, 6) is 0.731. The van der Waals surface area contributed by atoms with Crippen molar-refractivity contribution in [3.05, 3.63) is 30.3 Å². The molecule has 84 valence electrons. The van der Waals surface area contributed by atoms with E-state index in [0.717, 1.165) is 5.75 Å². The number of rotatable bonds is 6. The molecule has 0 heterocycles. The van der Waals surface area contributed by atoms with Crippen molar-refractivity contribution in [2.45, 2.75) is 0 Å². The summed E-state index contributed by atoms with van der Waals surface area (Å²) in [6, 6.07) is 9.42. The van der Waals surface area contributed by atoms with Crippen LogP contribution in [-0.4, -0.2) is 0 Å². The Labute approximate surface area is 119 Å². The number of hydrogen-bond acceptors (Lipinski definition) is 8. The van der Waals surface area contributed by atoms with E-state index < -0.39 is 6.46 Å². The summed E-state index contributed by atoms with van der Waals surface area (Å²) >= 11 is 14.4. The molecule has 0 N–H and O–H groups in total. The summed E-state index contributed by atoms with van der Waals surface area (Å²) in [6.45, 7) is -1.93. The fraction of sp³-hybridized carbons (Fsp3) is 0. The van der Waals surface area contributed by atoms with Crippen LogP contribution in [-0.2, 0) is 28.8 Å². The Kier molecular flexibility index (Phi) is 7.61. The maximum atomic E-state index is 5.56. The summed E-state index contributed by atoms with van der Waals surface area (Å²) < 4.78 is 5.56. The zero-order chi connectivity index (χ0) is 11.1. The molecule has 1 nitrogen and oxygen atoms in total. The number of thiol groups is 1. The zero-order valence-corrected chi connectivity index (χ0v) is 13.7.